The lowest BCUT2D eigenvalue weighted by atomic mass is 10.3. The highest BCUT2D eigenvalue weighted by Crippen LogP contribution is 2.20. The van der Waals surface area contributed by atoms with Gasteiger partial charge in [0, 0.05) is 37.6 Å². The highest BCUT2D eigenvalue weighted by molar-refractivity contribution is 9.10. The Kier molecular flexibility index (Phi) is 3.60. The van der Waals surface area contributed by atoms with Crippen molar-refractivity contribution in [3.63, 3.8) is 0 Å². The standard InChI is InChI=1S/C14H18BrN3O/c1-17-13-8-10(15)2-3-12(13)16-14(17)5-7-18-6-4-11(19)9-18/h2-3,8,11,19H,4-7,9H2,1H3. The molecule has 0 spiro atoms. The van der Waals surface area contributed by atoms with Gasteiger partial charge in [0.1, 0.15) is 5.82 Å². The van der Waals surface area contributed by atoms with Crippen LogP contribution in [0, 0.1) is 0 Å². The number of aliphatic hydroxyl groups is 1. The highest BCUT2D eigenvalue weighted by Gasteiger charge is 2.20. The van der Waals surface area contributed by atoms with E-state index in [0.717, 1.165) is 53.8 Å². The lowest BCUT2D eigenvalue weighted by Crippen LogP contribution is -2.25. The number of halogens is 1. The molecule has 102 valence electrons. The van der Waals surface area contributed by atoms with E-state index in [1.807, 2.05) is 12.1 Å². The summed E-state index contributed by atoms with van der Waals surface area (Å²) in [6.45, 7) is 2.77. The van der Waals surface area contributed by atoms with Crippen molar-refractivity contribution in [3.8, 4) is 0 Å². The predicted octanol–water partition coefficient (Wildman–Crippen LogP) is 1.94. The zero-order valence-electron chi connectivity index (χ0n) is 11.0. The molecule has 4 nitrogen and oxygen atoms in total. The molecule has 2 heterocycles. The number of rotatable bonds is 3. The van der Waals surface area contributed by atoms with Crippen LogP contribution in [0.3, 0.4) is 0 Å². The first-order valence-electron chi connectivity index (χ1n) is 6.65. The number of aliphatic hydroxyl groups excluding tert-OH is 1. The fourth-order valence-corrected chi connectivity index (χ4v) is 3.06. The number of fused-ring (bicyclic) bond motifs is 1. The second-order valence-corrected chi connectivity index (χ2v) is 6.13. The molecule has 0 amide bonds. The number of aromatic nitrogens is 2. The molecule has 3 rings (SSSR count). The summed E-state index contributed by atoms with van der Waals surface area (Å²) in [4.78, 5) is 6.99. The van der Waals surface area contributed by atoms with E-state index in [0.29, 0.717) is 0 Å². The van der Waals surface area contributed by atoms with Gasteiger partial charge in [-0.25, -0.2) is 4.98 Å². The van der Waals surface area contributed by atoms with Crippen LogP contribution in [0.2, 0.25) is 0 Å². The topological polar surface area (TPSA) is 41.3 Å². The smallest absolute Gasteiger partial charge is 0.110 e. The predicted molar refractivity (Wildman–Crippen MR) is 79.2 cm³/mol. The third-order valence-electron chi connectivity index (χ3n) is 3.83. The van der Waals surface area contributed by atoms with Gasteiger partial charge in [0.25, 0.3) is 0 Å². The van der Waals surface area contributed by atoms with E-state index >= 15 is 0 Å². The zero-order chi connectivity index (χ0) is 13.4. The molecule has 0 saturated carbocycles. The Morgan fingerprint density at radius 3 is 3.05 bits per heavy atom. The Bertz CT molecular complexity index is 596. The molecule has 1 unspecified atom stereocenters. The van der Waals surface area contributed by atoms with Crippen LogP contribution in [0.4, 0.5) is 0 Å². The molecule has 1 saturated heterocycles. The van der Waals surface area contributed by atoms with Gasteiger partial charge >= 0.3 is 0 Å². The van der Waals surface area contributed by atoms with Crippen LogP contribution >= 0.6 is 15.9 Å². The van der Waals surface area contributed by atoms with Gasteiger partial charge in [-0.3, -0.25) is 0 Å². The van der Waals surface area contributed by atoms with Crippen LogP contribution in [0.5, 0.6) is 0 Å². The summed E-state index contributed by atoms with van der Waals surface area (Å²) in [5, 5.41) is 9.53. The van der Waals surface area contributed by atoms with Crippen molar-refractivity contribution in [1.29, 1.82) is 0 Å². The van der Waals surface area contributed by atoms with E-state index in [4.69, 9.17) is 0 Å². The number of β-amino-alcohol motifs (C(OH)–C–C–N with tert-alkyl or cyclic N) is 1. The summed E-state index contributed by atoms with van der Waals surface area (Å²) in [5.74, 6) is 1.11. The van der Waals surface area contributed by atoms with Crippen molar-refractivity contribution in [2.75, 3.05) is 19.6 Å². The van der Waals surface area contributed by atoms with Gasteiger partial charge in [-0.05, 0) is 24.6 Å². The molecular weight excluding hydrogens is 306 g/mol. The number of likely N-dealkylation sites (tertiary alicyclic amines) is 1. The summed E-state index contributed by atoms with van der Waals surface area (Å²) in [7, 11) is 2.07. The molecule has 0 bridgehead atoms. The fourth-order valence-electron chi connectivity index (χ4n) is 2.71. The van der Waals surface area contributed by atoms with Crippen LogP contribution < -0.4 is 0 Å². The zero-order valence-corrected chi connectivity index (χ0v) is 12.6. The molecular formula is C14H18BrN3O. The second-order valence-electron chi connectivity index (χ2n) is 5.21. The molecule has 0 aliphatic carbocycles. The minimum atomic E-state index is -0.142. The SMILES string of the molecule is Cn1c(CCN2CCC(O)C2)nc2ccc(Br)cc21. The normalized spacial score (nSPS) is 20.5. The number of imidazole rings is 1. The minimum Gasteiger partial charge on any atom is -0.392 e. The second kappa shape index (κ2) is 5.23. The van der Waals surface area contributed by atoms with Crippen molar-refractivity contribution in [2.24, 2.45) is 7.05 Å². The first-order valence-corrected chi connectivity index (χ1v) is 7.44. The molecule has 5 heteroatoms. The van der Waals surface area contributed by atoms with Crippen LogP contribution in [0.15, 0.2) is 22.7 Å². The average molecular weight is 324 g/mol. The maximum atomic E-state index is 9.53. The van der Waals surface area contributed by atoms with Crippen LogP contribution in [0.1, 0.15) is 12.2 Å². The van der Waals surface area contributed by atoms with E-state index in [1.54, 1.807) is 0 Å². The number of benzene rings is 1. The largest absolute Gasteiger partial charge is 0.392 e. The van der Waals surface area contributed by atoms with Gasteiger partial charge in [0.2, 0.25) is 0 Å². The highest BCUT2D eigenvalue weighted by atomic mass is 79.9. The van der Waals surface area contributed by atoms with E-state index in [-0.39, 0.29) is 6.10 Å². The maximum absolute atomic E-state index is 9.53. The Balaban J connectivity index is 1.76. The molecule has 1 aliphatic heterocycles. The molecule has 1 aliphatic rings. The molecule has 0 radical (unpaired) electrons. The van der Waals surface area contributed by atoms with Crippen molar-refractivity contribution < 1.29 is 5.11 Å². The Morgan fingerprint density at radius 2 is 2.32 bits per heavy atom. The number of hydrogen-bond donors (Lipinski definition) is 1. The van der Waals surface area contributed by atoms with Crippen molar-refractivity contribution in [3.05, 3.63) is 28.5 Å². The molecule has 19 heavy (non-hydrogen) atoms. The van der Waals surface area contributed by atoms with E-state index in [2.05, 4.69) is 43.5 Å². The Morgan fingerprint density at radius 1 is 1.47 bits per heavy atom. The van der Waals surface area contributed by atoms with Gasteiger partial charge in [0.15, 0.2) is 0 Å². The van der Waals surface area contributed by atoms with Gasteiger partial charge < -0.3 is 14.6 Å². The van der Waals surface area contributed by atoms with Gasteiger partial charge in [-0.15, -0.1) is 0 Å². The van der Waals surface area contributed by atoms with Crippen LogP contribution in [-0.2, 0) is 13.5 Å². The van der Waals surface area contributed by atoms with Crippen molar-refractivity contribution in [2.45, 2.75) is 18.9 Å². The summed E-state index contributed by atoms with van der Waals surface area (Å²) in [6, 6.07) is 6.17. The summed E-state index contributed by atoms with van der Waals surface area (Å²) in [5.41, 5.74) is 2.20. The lowest BCUT2D eigenvalue weighted by molar-refractivity contribution is 0.176. The number of nitrogens with zero attached hydrogens (tertiary/aromatic N) is 3. The molecule has 1 aromatic carbocycles. The van der Waals surface area contributed by atoms with E-state index in [1.165, 1.54) is 0 Å². The van der Waals surface area contributed by atoms with E-state index < -0.39 is 0 Å². The summed E-state index contributed by atoms with van der Waals surface area (Å²) < 4.78 is 3.24. The maximum Gasteiger partial charge on any atom is 0.110 e. The van der Waals surface area contributed by atoms with Crippen LogP contribution in [0.25, 0.3) is 11.0 Å². The molecule has 1 fully saturated rings. The first kappa shape index (κ1) is 13.1. The number of hydrogen-bond acceptors (Lipinski definition) is 3. The van der Waals surface area contributed by atoms with Crippen molar-refractivity contribution in [1.82, 2.24) is 14.5 Å². The minimum absolute atomic E-state index is 0.142. The fraction of sp³-hybridized carbons (Fsp3) is 0.500. The Hall–Kier alpha value is -0.910. The monoisotopic (exact) mass is 323 g/mol. The third-order valence-corrected chi connectivity index (χ3v) is 4.33. The van der Waals surface area contributed by atoms with Gasteiger partial charge in [0.05, 0.1) is 17.1 Å². The van der Waals surface area contributed by atoms with Crippen LogP contribution in [-0.4, -0.2) is 45.3 Å². The summed E-state index contributed by atoms with van der Waals surface area (Å²) in [6.07, 6.45) is 1.68. The molecule has 1 N–H and O–H groups in total. The quantitative estimate of drug-likeness (QED) is 0.938. The lowest BCUT2D eigenvalue weighted by Gasteiger charge is -2.14. The average Bonchev–Trinajstić information content (AvgIpc) is 2.93. The summed E-state index contributed by atoms with van der Waals surface area (Å²) >= 11 is 3.50. The number of aryl methyl sites for hydroxylation is 1. The third kappa shape index (κ3) is 2.68. The molecule has 1 atom stereocenters. The first-order chi connectivity index (χ1) is 9.13. The van der Waals surface area contributed by atoms with E-state index in [9.17, 15) is 5.11 Å². The molecule has 2 aromatic rings. The van der Waals surface area contributed by atoms with Gasteiger partial charge in [-0.2, -0.15) is 0 Å². The molecule has 1 aromatic heterocycles. The van der Waals surface area contributed by atoms with Crippen molar-refractivity contribution >= 4 is 27.0 Å². The Labute approximate surface area is 121 Å². The van der Waals surface area contributed by atoms with Gasteiger partial charge in [-0.1, -0.05) is 15.9 Å².